The van der Waals surface area contributed by atoms with Crippen LogP contribution in [0.1, 0.15) is 39.0 Å². The highest BCUT2D eigenvalue weighted by Crippen LogP contribution is 2.64. The molecule has 2 aliphatic carbocycles. The molecule has 0 radical (unpaired) electrons. The lowest BCUT2D eigenvalue weighted by molar-refractivity contribution is -0.274. The highest BCUT2D eigenvalue weighted by molar-refractivity contribution is 7.87. The van der Waals surface area contributed by atoms with Crippen LogP contribution in [0.25, 0.3) is 0 Å². The molecular formula is C16H23F3O6S. The van der Waals surface area contributed by atoms with Gasteiger partial charge in [0, 0.05) is 13.0 Å². The molecule has 150 valence electrons. The van der Waals surface area contributed by atoms with Crippen LogP contribution in [0.2, 0.25) is 0 Å². The van der Waals surface area contributed by atoms with Crippen LogP contribution in [0, 0.1) is 17.3 Å². The molecule has 0 aromatic heterocycles. The third-order valence-electron chi connectivity index (χ3n) is 5.67. The molecule has 1 N–H and O–H groups in total. The summed E-state index contributed by atoms with van der Waals surface area (Å²) in [5.74, 6) is -1.46. The number of ether oxygens (including phenoxy) is 2. The number of hydrogen-bond acceptors (Lipinski definition) is 6. The highest BCUT2D eigenvalue weighted by atomic mass is 32.2. The highest BCUT2D eigenvalue weighted by Gasteiger charge is 2.67. The predicted octanol–water partition coefficient (Wildman–Crippen LogP) is 2.69. The van der Waals surface area contributed by atoms with Crippen molar-refractivity contribution in [2.45, 2.75) is 50.3 Å². The van der Waals surface area contributed by atoms with Gasteiger partial charge in [0.1, 0.15) is 5.76 Å². The van der Waals surface area contributed by atoms with Gasteiger partial charge < -0.3 is 18.8 Å². The second-order valence-electron chi connectivity index (χ2n) is 7.28. The van der Waals surface area contributed by atoms with Crippen molar-refractivity contribution in [2.75, 3.05) is 19.8 Å². The molecule has 1 aliphatic heterocycles. The van der Waals surface area contributed by atoms with Gasteiger partial charge in [0.15, 0.2) is 5.79 Å². The summed E-state index contributed by atoms with van der Waals surface area (Å²) < 4.78 is 78.3. The Bertz CT molecular complexity index is 668. The van der Waals surface area contributed by atoms with E-state index in [4.69, 9.17) is 9.47 Å². The van der Waals surface area contributed by atoms with E-state index in [2.05, 4.69) is 4.18 Å². The Morgan fingerprint density at radius 1 is 1.35 bits per heavy atom. The smallest absolute Gasteiger partial charge is 0.396 e. The van der Waals surface area contributed by atoms with Gasteiger partial charge in [-0.1, -0.05) is 6.92 Å². The summed E-state index contributed by atoms with van der Waals surface area (Å²) in [6.45, 7) is 2.38. The van der Waals surface area contributed by atoms with Gasteiger partial charge in [-0.05, 0) is 43.6 Å². The minimum Gasteiger partial charge on any atom is -0.396 e. The number of aliphatic hydroxyl groups excluding tert-OH is 1. The fourth-order valence-corrected chi connectivity index (χ4v) is 5.37. The molecular weight excluding hydrogens is 377 g/mol. The number of rotatable bonds is 5. The Labute approximate surface area is 150 Å². The van der Waals surface area contributed by atoms with Crippen LogP contribution in [0.4, 0.5) is 13.2 Å². The third-order valence-corrected chi connectivity index (χ3v) is 6.64. The van der Waals surface area contributed by atoms with Crippen molar-refractivity contribution >= 4 is 10.1 Å². The van der Waals surface area contributed by atoms with Crippen LogP contribution >= 0.6 is 0 Å². The summed E-state index contributed by atoms with van der Waals surface area (Å²) in [4.78, 5) is 0. The largest absolute Gasteiger partial charge is 0.534 e. The van der Waals surface area contributed by atoms with Crippen LogP contribution in [-0.4, -0.2) is 44.6 Å². The molecule has 1 saturated heterocycles. The standard InChI is InChI=1S/C16H23F3O6S/c1-11-9-12-3-4-13(25-26(21,22)16(17,18)19)14(12,5-2-6-20)15(10-11)23-7-8-24-15/h4,11-12,20H,2-3,5-10H2,1H3/t11-,12-,14+/m1/s1. The second-order valence-corrected chi connectivity index (χ2v) is 8.82. The maximum atomic E-state index is 12.9. The van der Waals surface area contributed by atoms with Gasteiger partial charge in [-0.25, -0.2) is 0 Å². The van der Waals surface area contributed by atoms with Gasteiger partial charge in [0.2, 0.25) is 0 Å². The first kappa shape index (κ1) is 19.9. The van der Waals surface area contributed by atoms with Crippen molar-refractivity contribution in [1.82, 2.24) is 0 Å². The van der Waals surface area contributed by atoms with E-state index in [1.165, 1.54) is 6.08 Å². The van der Waals surface area contributed by atoms with E-state index in [0.717, 1.165) is 0 Å². The van der Waals surface area contributed by atoms with E-state index >= 15 is 0 Å². The average molecular weight is 400 g/mol. The van der Waals surface area contributed by atoms with Crippen molar-refractivity contribution in [2.24, 2.45) is 17.3 Å². The maximum Gasteiger partial charge on any atom is 0.534 e. The van der Waals surface area contributed by atoms with Crippen LogP contribution in [0.5, 0.6) is 0 Å². The third kappa shape index (κ3) is 2.94. The molecule has 0 aromatic rings. The zero-order valence-corrected chi connectivity index (χ0v) is 15.2. The lowest BCUT2D eigenvalue weighted by Crippen LogP contribution is -2.58. The normalized spacial score (nSPS) is 34.0. The van der Waals surface area contributed by atoms with Crippen molar-refractivity contribution < 1.29 is 40.4 Å². The minimum atomic E-state index is -5.80. The van der Waals surface area contributed by atoms with Gasteiger partial charge in [-0.15, -0.1) is 0 Å². The van der Waals surface area contributed by atoms with Crippen molar-refractivity contribution in [1.29, 1.82) is 0 Å². The Morgan fingerprint density at radius 2 is 2.00 bits per heavy atom. The molecule has 1 saturated carbocycles. The zero-order chi connectivity index (χ0) is 19.2. The van der Waals surface area contributed by atoms with Crippen LogP contribution in [-0.2, 0) is 23.8 Å². The van der Waals surface area contributed by atoms with Crippen molar-refractivity contribution in [3.8, 4) is 0 Å². The minimum absolute atomic E-state index is 0.172. The van der Waals surface area contributed by atoms with Crippen LogP contribution < -0.4 is 0 Å². The van der Waals surface area contributed by atoms with Gasteiger partial charge in [0.25, 0.3) is 0 Å². The number of halogens is 3. The first-order chi connectivity index (χ1) is 12.1. The van der Waals surface area contributed by atoms with Gasteiger partial charge >= 0.3 is 15.6 Å². The van der Waals surface area contributed by atoms with Crippen LogP contribution in [0.3, 0.4) is 0 Å². The first-order valence-electron chi connectivity index (χ1n) is 8.68. The van der Waals surface area contributed by atoms with Crippen molar-refractivity contribution in [3.05, 3.63) is 11.8 Å². The Hall–Kier alpha value is -0.840. The number of hydrogen-bond donors (Lipinski definition) is 1. The molecule has 2 fully saturated rings. The van der Waals surface area contributed by atoms with Gasteiger partial charge in [-0.2, -0.15) is 21.6 Å². The summed E-state index contributed by atoms with van der Waals surface area (Å²) in [6, 6.07) is 0. The maximum absolute atomic E-state index is 12.9. The number of allylic oxidation sites excluding steroid dienone is 1. The number of fused-ring (bicyclic) bond motifs is 2. The number of aliphatic hydroxyl groups is 1. The fraction of sp³-hybridized carbons (Fsp3) is 0.875. The SMILES string of the molecule is C[C@@H]1C[C@H]2CC=C(OS(=O)(=O)C(F)(F)F)[C@@]2(CCCO)C2(C1)OCCO2. The number of alkyl halides is 3. The van der Waals surface area contributed by atoms with E-state index in [1.807, 2.05) is 6.92 Å². The quantitative estimate of drug-likeness (QED) is 0.565. The molecule has 0 aromatic carbocycles. The molecule has 0 bridgehead atoms. The summed E-state index contributed by atoms with van der Waals surface area (Å²) in [5, 5.41) is 9.30. The molecule has 1 spiro atoms. The predicted molar refractivity (Wildman–Crippen MR) is 84.0 cm³/mol. The lowest BCUT2D eigenvalue weighted by atomic mass is 9.58. The summed E-state index contributed by atoms with van der Waals surface area (Å²) >= 11 is 0. The van der Waals surface area contributed by atoms with E-state index < -0.39 is 26.8 Å². The topological polar surface area (TPSA) is 82.1 Å². The van der Waals surface area contributed by atoms with Crippen LogP contribution in [0.15, 0.2) is 11.8 Å². The lowest BCUT2D eigenvalue weighted by Gasteiger charge is -2.53. The molecule has 3 atom stereocenters. The van der Waals surface area contributed by atoms with E-state index in [9.17, 15) is 26.7 Å². The summed E-state index contributed by atoms with van der Waals surface area (Å²) in [5.41, 5.74) is -6.67. The van der Waals surface area contributed by atoms with E-state index in [-0.39, 0.29) is 50.3 Å². The Morgan fingerprint density at radius 3 is 2.58 bits per heavy atom. The summed E-state index contributed by atoms with van der Waals surface area (Å²) in [7, 11) is -5.80. The molecule has 3 aliphatic rings. The molecule has 26 heavy (non-hydrogen) atoms. The molecule has 0 unspecified atom stereocenters. The zero-order valence-electron chi connectivity index (χ0n) is 14.4. The Balaban J connectivity index is 2.04. The van der Waals surface area contributed by atoms with E-state index in [0.29, 0.717) is 19.3 Å². The fourth-order valence-electron chi connectivity index (χ4n) is 4.82. The Kier molecular flexibility index (Phi) is 5.09. The summed E-state index contributed by atoms with van der Waals surface area (Å²) in [6.07, 6.45) is 3.41. The second kappa shape index (κ2) is 6.65. The molecule has 1 heterocycles. The molecule has 10 heteroatoms. The van der Waals surface area contributed by atoms with Gasteiger partial charge in [0.05, 0.1) is 18.6 Å². The molecule has 6 nitrogen and oxygen atoms in total. The van der Waals surface area contributed by atoms with Crippen molar-refractivity contribution in [3.63, 3.8) is 0 Å². The molecule has 0 amide bonds. The first-order valence-corrected chi connectivity index (χ1v) is 10.1. The molecule has 3 rings (SSSR count). The van der Waals surface area contributed by atoms with Gasteiger partial charge in [-0.3, -0.25) is 0 Å². The monoisotopic (exact) mass is 400 g/mol. The average Bonchev–Trinajstić information content (AvgIpc) is 3.11. The van der Waals surface area contributed by atoms with E-state index in [1.54, 1.807) is 0 Å².